The fraction of sp³-hybridized carbons (Fsp3) is 0.250. The highest BCUT2D eigenvalue weighted by Crippen LogP contribution is 2.16. The van der Waals surface area contributed by atoms with Gasteiger partial charge in [-0.15, -0.1) is 0 Å². The number of aliphatic hydroxyl groups excluding tert-OH is 1. The van der Waals surface area contributed by atoms with Gasteiger partial charge in [0.05, 0.1) is 6.61 Å². The van der Waals surface area contributed by atoms with Crippen LogP contribution in [0.4, 0.5) is 0 Å². The molecule has 0 saturated heterocycles. The van der Waals surface area contributed by atoms with Crippen molar-refractivity contribution in [1.82, 2.24) is 4.98 Å². The third-order valence-corrected chi connectivity index (χ3v) is 2.45. The van der Waals surface area contributed by atoms with E-state index in [1.165, 1.54) is 0 Å². The van der Waals surface area contributed by atoms with E-state index in [1.807, 2.05) is 30.3 Å². The highest BCUT2D eigenvalue weighted by atomic mass is 16.3. The Morgan fingerprint density at radius 2 is 2.07 bits per heavy atom. The molecule has 3 N–H and O–H groups in total. The van der Waals surface area contributed by atoms with Gasteiger partial charge in [0.15, 0.2) is 0 Å². The van der Waals surface area contributed by atoms with Crippen molar-refractivity contribution in [2.75, 3.05) is 6.61 Å². The van der Waals surface area contributed by atoms with Crippen LogP contribution in [-0.2, 0) is 6.42 Å². The van der Waals surface area contributed by atoms with E-state index in [2.05, 4.69) is 4.98 Å². The van der Waals surface area contributed by atoms with Gasteiger partial charge in [0, 0.05) is 29.7 Å². The van der Waals surface area contributed by atoms with Gasteiger partial charge in [-0.2, -0.15) is 0 Å². The van der Waals surface area contributed by atoms with Crippen LogP contribution >= 0.6 is 0 Å². The number of nitrogens with zero attached hydrogens (tertiary/aromatic N) is 1. The van der Waals surface area contributed by atoms with Gasteiger partial charge in [0.1, 0.15) is 0 Å². The van der Waals surface area contributed by atoms with Crippen LogP contribution in [0.3, 0.4) is 0 Å². The van der Waals surface area contributed by atoms with Gasteiger partial charge >= 0.3 is 0 Å². The molecular formula is C12H14N2O. The summed E-state index contributed by atoms with van der Waals surface area (Å²) in [5.41, 5.74) is 6.66. The zero-order valence-corrected chi connectivity index (χ0v) is 8.43. The molecule has 78 valence electrons. The SMILES string of the molecule is NC(CO)Cc1nccc2ccccc12. The van der Waals surface area contributed by atoms with Crippen molar-refractivity contribution >= 4 is 10.8 Å². The van der Waals surface area contributed by atoms with Crippen molar-refractivity contribution in [3.8, 4) is 0 Å². The lowest BCUT2D eigenvalue weighted by Gasteiger charge is -2.09. The molecule has 0 fully saturated rings. The fourth-order valence-corrected chi connectivity index (χ4v) is 1.66. The van der Waals surface area contributed by atoms with Crippen molar-refractivity contribution in [1.29, 1.82) is 0 Å². The third kappa shape index (κ3) is 2.14. The lowest BCUT2D eigenvalue weighted by molar-refractivity contribution is 0.265. The summed E-state index contributed by atoms with van der Waals surface area (Å²) in [6, 6.07) is 9.80. The highest BCUT2D eigenvalue weighted by molar-refractivity contribution is 5.84. The van der Waals surface area contributed by atoms with Crippen molar-refractivity contribution < 1.29 is 5.11 Å². The maximum Gasteiger partial charge on any atom is 0.0586 e. The van der Waals surface area contributed by atoms with Crippen molar-refractivity contribution in [3.05, 3.63) is 42.2 Å². The monoisotopic (exact) mass is 202 g/mol. The number of fused-ring (bicyclic) bond motifs is 1. The molecule has 0 spiro atoms. The van der Waals surface area contributed by atoms with E-state index >= 15 is 0 Å². The van der Waals surface area contributed by atoms with Crippen molar-refractivity contribution in [2.24, 2.45) is 5.73 Å². The first-order valence-corrected chi connectivity index (χ1v) is 5.00. The molecule has 0 radical (unpaired) electrons. The average molecular weight is 202 g/mol. The molecule has 3 heteroatoms. The predicted molar refractivity (Wildman–Crippen MR) is 60.5 cm³/mol. The molecule has 1 aromatic heterocycles. The van der Waals surface area contributed by atoms with E-state index < -0.39 is 0 Å². The number of aromatic nitrogens is 1. The van der Waals surface area contributed by atoms with Crippen LogP contribution in [0.5, 0.6) is 0 Å². The van der Waals surface area contributed by atoms with E-state index in [-0.39, 0.29) is 12.6 Å². The van der Waals surface area contributed by atoms with Crippen LogP contribution in [-0.4, -0.2) is 22.7 Å². The summed E-state index contributed by atoms with van der Waals surface area (Å²) in [5.74, 6) is 0. The zero-order valence-electron chi connectivity index (χ0n) is 8.43. The van der Waals surface area contributed by atoms with Crippen molar-refractivity contribution in [3.63, 3.8) is 0 Å². The maximum absolute atomic E-state index is 8.92. The lowest BCUT2D eigenvalue weighted by Crippen LogP contribution is -2.27. The fourth-order valence-electron chi connectivity index (χ4n) is 1.66. The van der Waals surface area contributed by atoms with Crippen LogP contribution in [0, 0.1) is 0 Å². The van der Waals surface area contributed by atoms with Gasteiger partial charge in [-0.1, -0.05) is 24.3 Å². The van der Waals surface area contributed by atoms with Gasteiger partial charge in [-0.05, 0) is 11.5 Å². The number of nitrogens with two attached hydrogens (primary N) is 1. The van der Waals surface area contributed by atoms with E-state index in [0.29, 0.717) is 6.42 Å². The molecule has 0 aliphatic rings. The second kappa shape index (κ2) is 4.38. The molecular weight excluding hydrogens is 188 g/mol. The van der Waals surface area contributed by atoms with Crippen molar-refractivity contribution in [2.45, 2.75) is 12.5 Å². The topological polar surface area (TPSA) is 59.1 Å². The minimum Gasteiger partial charge on any atom is -0.395 e. The molecule has 1 unspecified atom stereocenters. The molecule has 0 saturated carbocycles. The Morgan fingerprint density at radius 1 is 1.27 bits per heavy atom. The Hall–Kier alpha value is -1.45. The van der Waals surface area contributed by atoms with Gasteiger partial charge < -0.3 is 10.8 Å². The molecule has 1 aromatic carbocycles. The second-order valence-electron chi connectivity index (χ2n) is 3.63. The van der Waals surface area contributed by atoms with E-state index in [9.17, 15) is 0 Å². The number of rotatable bonds is 3. The van der Waals surface area contributed by atoms with Gasteiger partial charge in [0.2, 0.25) is 0 Å². The third-order valence-electron chi connectivity index (χ3n) is 2.45. The largest absolute Gasteiger partial charge is 0.395 e. The van der Waals surface area contributed by atoms with Crippen LogP contribution < -0.4 is 5.73 Å². The number of benzene rings is 1. The molecule has 0 aliphatic carbocycles. The van der Waals surface area contributed by atoms with E-state index in [1.54, 1.807) is 6.20 Å². The molecule has 2 aromatic rings. The first-order chi connectivity index (χ1) is 7.31. The Bertz CT molecular complexity index is 451. The minimum absolute atomic E-state index is 0.00903. The molecule has 1 atom stereocenters. The Labute approximate surface area is 88.6 Å². The van der Waals surface area contributed by atoms with Gasteiger partial charge in [-0.25, -0.2) is 0 Å². The molecule has 0 bridgehead atoms. The number of pyridine rings is 1. The summed E-state index contributed by atoms with van der Waals surface area (Å²) in [6.07, 6.45) is 2.39. The average Bonchev–Trinajstić information content (AvgIpc) is 2.29. The number of hydrogen-bond donors (Lipinski definition) is 2. The molecule has 3 nitrogen and oxygen atoms in total. The van der Waals surface area contributed by atoms with Gasteiger partial charge in [-0.3, -0.25) is 4.98 Å². The van der Waals surface area contributed by atoms with Crippen LogP contribution in [0.15, 0.2) is 36.5 Å². The van der Waals surface area contributed by atoms with Crippen LogP contribution in [0.25, 0.3) is 10.8 Å². The van der Waals surface area contributed by atoms with Crippen LogP contribution in [0.2, 0.25) is 0 Å². The first-order valence-electron chi connectivity index (χ1n) is 5.00. The summed E-state index contributed by atoms with van der Waals surface area (Å²) >= 11 is 0. The quantitative estimate of drug-likeness (QED) is 0.783. The Morgan fingerprint density at radius 3 is 2.87 bits per heavy atom. The van der Waals surface area contributed by atoms with Gasteiger partial charge in [0.25, 0.3) is 0 Å². The summed E-state index contributed by atoms with van der Waals surface area (Å²) in [4.78, 5) is 4.30. The molecule has 1 heterocycles. The van der Waals surface area contributed by atoms with E-state index in [4.69, 9.17) is 10.8 Å². The molecule has 0 amide bonds. The lowest BCUT2D eigenvalue weighted by atomic mass is 10.1. The zero-order chi connectivity index (χ0) is 10.7. The second-order valence-corrected chi connectivity index (χ2v) is 3.63. The molecule has 15 heavy (non-hydrogen) atoms. The minimum atomic E-state index is -0.233. The number of hydrogen-bond acceptors (Lipinski definition) is 3. The summed E-state index contributed by atoms with van der Waals surface area (Å²) in [7, 11) is 0. The van der Waals surface area contributed by atoms with Crippen LogP contribution in [0.1, 0.15) is 5.69 Å². The smallest absolute Gasteiger partial charge is 0.0586 e. The Balaban J connectivity index is 2.42. The molecule has 0 aliphatic heterocycles. The Kier molecular flexibility index (Phi) is 2.94. The van der Waals surface area contributed by atoms with E-state index in [0.717, 1.165) is 16.5 Å². The first kappa shape index (κ1) is 10.1. The normalized spacial score (nSPS) is 12.9. The predicted octanol–water partition coefficient (Wildman–Crippen LogP) is 1.10. The maximum atomic E-state index is 8.92. The summed E-state index contributed by atoms with van der Waals surface area (Å²) < 4.78 is 0. The summed E-state index contributed by atoms with van der Waals surface area (Å²) in [6.45, 7) is -0.00903. The highest BCUT2D eigenvalue weighted by Gasteiger charge is 2.06. The molecule has 2 rings (SSSR count). The number of aliphatic hydroxyl groups is 1. The standard InChI is InChI=1S/C12H14N2O/c13-10(8-15)7-12-11-4-2-1-3-9(11)5-6-14-12/h1-6,10,15H,7-8,13H2. The summed E-state index contributed by atoms with van der Waals surface area (Å²) in [5, 5.41) is 11.2.